The van der Waals surface area contributed by atoms with Crippen molar-refractivity contribution in [2.45, 2.75) is 51.6 Å². The molecule has 100 valence electrons. The highest BCUT2D eigenvalue weighted by Gasteiger charge is 2.36. The van der Waals surface area contributed by atoms with Gasteiger partial charge in [0.15, 0.2) is 0 Å². The van der Waals surface area contributed by atoms with Crippen LogP contribution >= 0.6 is 0 Å². The van der Waals surface area contributed by atoms with Gasteiger partial charge in [-0.05, 0) is 43.1 Å². The van der Waals surface area contributed by atoms with Crippen LogP contribution in [0.1, 0.15) is 45.1 Å². The van der Waals surface area contributed by atoms with E-state index in [1.165, 1.54) is 31.2 Å². The highest BCUT2D eigenvalue weighted by molar-refractivity contribution is 5.17. The summed E-state index contributed by atoms with van der Waals surface area (Å²) in [7, 11) is 1.89. The van der Waals surface area contributed by atoms with Crippen molar-refractivity contribution >= 4 is 0 Å². The highest BCUT2D eigenvalue weighted by Crippen LogP contribution is 2.39. The Morgan fingerprint density at radius 3 is 2.28 bits per heavy atom. The lowest BCUT2D eigenvalue weighted by atomic mass is 9.72. The lowest BCUT2D eigenvalue weighted by molar-refractivity contribution is -0.0525. The van der Waals surface area contributed by atoms with Crippen LogP contribution in [0.2, 0.25) is 0 Å². The van der Waals surface area contributed by atoms with E-state index in [2.05, 4.69) is 44.2 Å². The molecule has 0 heterocycles. The summed E-state index contributed by atoms with van der Waals surface area (Å²) in [4.78, 5) is 0. The molecule has 1 aliphatic carbocycles. The molecular formula is C17H26O. The third kappa shape index (κ3) is 3.14. The quantitative estimate of drug-likeness (QED) is 0.762. The van der Waals surface area contributed by atoms with Crippen molar-refractivity contribution in [3.05, 3.63) is 35.9 Å². The summed E-state index contributed by atoms with van der Waals surface area (Å²) in [5.41, 5.74) is 1.49. The maximum atomic E-state index is 5.91. The molecular weight excluding hydrogens is 220 g/mol. The van der Waals surface area contributed by atoms with Gasteiger partial charge >= 0.3 is 0 Å². The third-order valence-electron chi connectivity index (χ3n) is 4.69. The normalized spacial score (nSPS) is 28.6. The van der Waals surface area contributed by atoms with Gasteiger partial charge < -0.3 is 4.74 Å². The molecule has 0 aromatic heterocycles. The Kier molecular flexibility index (Phi) is 4.45. The molecule has 0 bridgehead atoms. The first-order valence-electron chi connectivity index (χ1n) is 7.24. The summed E-state index contributed by atoms with van der Waals surface area (Å²) >= 11 is 0. The van der Waals surface area contributed by atoms with Crippen molar-refractivity contribution in [3.8, 4) is 0 Å². The maximum absolute atomic E-state index is 5.91. The average Bonchev–Trinajstić information content (AvgIpc) is 2.40. The van der Waals surface area contributed by atoms with Gasteiger partial charge in [-0.25, -0.2) is 0 Å². The molecule has 1 nitrogen and oxygen atoms in total. The minimum absolute atomic E-state index is 0.0900. The van der Waals surface area contributed by atoms with Crippen LogP contribution < -0.4 is 0 Å². The summed E-state index contributed by atoms with van der Waals surface area (Å²) in [6.07, 6.45) is 6.12. The molecule has 1 fully saturated rings. The predicted octanol–water partition coefficient (Wildman–Crippen LogP) is 4.46. The molecule has 0 N–H and O–H groups in total. The summed E-state index contributed by atoms with van der Waals surface area (Å²) in [5, 5.41) is 0. The summed E-state index contributed by atoms with van der Waals surface area (Å²) in [5.74, 6) is 1.71. The van der Waals surface area contributed by atoms with E-state index in [-0.39, 0.29) is 5.60 Å². The van der Waals surface area contributed by atoms with Crippen molar-refractivity contribution in [1.82, 2.24) is 0 Å². The molecule has 1 aliphatic rings. The summed E-state index contributed by atoms with van der Waals surface area (Å²) in [6.45, 7) is 4.70. The van der Waals surface area contributed by atoms with E-state index in [0.717, 1.165) is 18.3 Å². The minimum Gasteiger partial charge on any atom is -0.378 e. The Morgan fingerprint density at radius 1 is 1.17 bits per heavy atom. The first-order valence-corrected chi connectivity index (χ1v) is 7.24. The largest absolute Gasteiger partial charge is 0.378 e. The molecule has 0 unspecified atom stereocenters. The van der Waals surface area contributed by atoms with E-state index in [1.54, 1.807) is 0 Å². The molecule has 1 aromatic carbocycles. The summed E-state index contributed by atoms with van der Waals surface area (Å²) < 4.78 is 5.91. The van der Waals surface area contributed by atoms with Crippen molar-refractivity contribution in [2.75, 3.05) is 7.11 Å². The fourth-order valence-electron chi connectivity index (χ4n) is 3.25. The number of methoxy groups -OCH3 is 1. The second kappa shape index (κ2) is 5.88. The van der Waals surface area contributed by atoms with Gasteiger partial charge in [0.25, 0.3) is 0 Å². The number of ether oxygens (including phenoxy) is 1. The predicted molar refractivity (Wildman–Crippen MR) is 76.7 cm³/mol. The molecule has 0 spiro atoms. The van der Waals surface area contributed by atoms with Crippen molar-refractivity contribution in [2.24, 2.45) is 11.8 Å². The summed E-state index contributed by atoms with van der Waals surface area (Å²) in [6, 6.07) is 10.8. The van der Waals surface area contributed by atoms with Gasteiger partial charge in [0.1, 0.15) is 0 Å². The topological polar surface area (TPSA) is 9.23 Å². The number of benzene rings is 1. The maximum Gasteiger partial charge on any atom is 0.0719 e. The first-order chi connectivity index (χ1) is 8.65. The standard InChI is InChI=1S/C17H26O/c1-14(2)16-9-11-17(18-3,12-10-16)13-15-7-5-4-6-8-15/h4-8,14,16H,9-13H2,1-3H3. The van der Waals surface area contributed by atoms with E-state index in [1.807, 2.05) is 7.11 Å². The van der Waals surface area contributed by atoms with Gasteiger partial charge in [-0.3, -0.25) is 0 Å². The number of hydrogen-bond acceptors (Lipinski definition) is 1. The van der Waals surface area contributed by atoms with Crippen LogP contribution in [0.4, 0.5) is 0 Å². The van der Waals surface area contributed by atoms with Crippen LogP contribution in [-0.4, -0.2) is 12.7 Å². The zero-order valence-electron chi connectivity index (χ0n) is 12.0. The fraction of sp³-hybridized carbons (Fsp3) is 0.647. The average molecular weight is 246 g/mol. The van der Waals surface area contributed by atoms with E-state index in [0.29, 0.717) is 0 Å². The van der Waals surface area contributed by atoms with Gasteiger partial charge in [0, 0.05) is 13.5 Å². The van der Waals surface area contributed by atoms with Crippen LogP contribution in [0.15, 0.2) is 30.3 Å². The molecule has 0 saturated heterocycles. The second-order valence-electron chi connectivity index (χ2n) is 6.13. The van der Waals surface area contributed by atoms with Crippen LogP contribution in [0.3, 0.4) is 0 Å². The van der Waals surface area contributed by atoms with Crippen molar-refractivity contribution < 1.29 is 4.74 Å². The van der Waals surface area contributed by atoms with Crippen LogP contribution in [0, 0.1) is 11.8 Å². The lowest BCUT2D eigenvalue weighted by Crippen LogP contribution is -2.39. The Balaban J connectivity index is 2.00. The Bertz CT molecular complexity index is 347. The van der Waals surface area contributed by atoms with E-state index < -0.39 is 0 Å². The van der Waals surface area contributed by atoms with Gasteiger partial charge in [-0.15, -0.1) is 0 Å². The van der Waals surface area contributed by atoms with Gasteiger partial charge in [0.2, 0.25) is 0 Å². The molecule has 0 amide bonds. The molecule has 1 aromatic rings. The zero-order valence-corrected chi connectivity index (χ0v) is 12.0. The Labute approximate surface area is 112 Å². The first kappa shape index (κ1) is 13.6. The molecule has 0 radical (unpaired) electrons. The third-order valence-corrected chi connectivity index (χ3v) is 4.69. The van der Waals surface area contributed by atoms with Gasteiger partial charge in [0.05, 0.1) is 5.60 Å². The van der Waals surface area contributed by atoms with Crippen molar-refractivity contribution in [1.29, 1.82) is 0 Å². The fourth-order valence-corrected chi connectivity index (χ4v) is 3.25. The molecule has 0 aliphatic heterocycles. The van der Waals surface area contributed by atoms with Gasteiger partial charge in [-0.2, -0.15) is 0 Å². The van der Waals surface area contributed by atoms with Gasteiger partial charge in [-0.1, -0.05) is 44.2 Å². The van der Waals surface area contributed by atoms with Crippen LogP contribution in [0.25, 0.3) is 0 Å². The molecule has 1 heteroatoms. The molecule has 18 heavy (non-hydrogen) atoms. The Morgan fingerprint density at radius 2 is 1.78 bits per heavy atom. The second-order valence-corrected chi connectivity index (χ2v) is 6.13. The molecule has 1 saturated carbocycles. The lowest BCUT2D eigenvalue weighted by Gasteiger charge is -2.40. The van der Waals surface area contributed by atoms with Crippen molar-refractivity contribution in [3.63, 3.8) is 0 Å². The minimum atomic E-state index is 0.0900. The van der Waals surface area contributed by atoms with Crippen LogP contribution in [0.5, 0.6) is 0 Å². The van der Waals surface area contributed by atoms with E-state index in [9.17, 15) is 0 Å². The zero-order chi connectivity index (χ0) is 13.0. The highest BCUT2D eigenvalue weighted by atomic mass is 16.5. The number of hydrogen-bond donors (Lipinski definition) is 0. The molecule has 2 rings (SSSR count). The van der Waals surface area contributed by atoms with E-state index >= 15 is 0 Å². The molecule has 0 atom stereocenters. The van der Waals surface area contributed by atoms with E-state index in [4.69, 9.17) is 4.74 Å². The van der Waals surface area contributed by atoms with Crippen LogP contribution in [-0.2, 0) is 11.2 Å². The SMILES string of the molecule is COC1(Cc2ccccc2)CCC(C(C)C)CC1. The number of rotatable bonds is 4. The smallest absolute Gasteiger partial charge is 0.0719 e. The monoisotopic (exact) mass is 246 g/mol. The Hall–Kier alpha value is -0.820.